The van der Waals surface area contributed by atoms with Crippen LogP contribution in [-0.4, -0.2) is 33.9 Å². The predicted octanol–water partition coefficient (Wildman–Crippen LogP) is 2.67. The van der Waals surface area contributed by atoms with Crippen molar-refractivity contribution in [2.45, 2.75) is 19.5 Å². The molecule has 0 spiro atoms. The van der Waals surface area contributed by atoms with Crippen molar-refractivity contribution in [2.75, 3.05) is 18.1 Å². The van der Waals surface area contributed by atoms with E-state index in [0.717, 1.165) is 18.1 Å². The Labute approximate surface area is 109 Å². The molecule has 6 heteroatoms. The molecule has 1 aliphatic rings. The minimum absolute atomic E-state index is 0.377. The zero-order valence-corrected chi connectivity index (χ0v) is 11.0. The van der Waals surface area contributed by atoms with Crippen LogP contribution in [0.5, 0.6) is 0 Å². The summed E-state index contributed by atoms with van der Waals surface area (Å²) in [4.78, 5) is 12.2. The lowest BCUT2D eigenvalue weighted by atomic mass is 10.1. The summed E-state index contributed by atoms with van der Waals surface area (Å²) in [5, 5.41) is 10.7. The highest BCUT2D eigenvalue weighted by Gasteiger charge is 2.23. The molecular formula is C12H15FN2O2S. The van der Waals surface area contributed by atoms with E-state index in [-0.39, 0.29) is 0 Å². The van der Waals surface area contributed by atoms with Crippen molar-refractivity contribution in [3.8, 4) is 0 Å². The summed E-state index contributed by atoms with van der Waals surface area (Å²) in [6, 6.07) is 4.74. The van der Waals surface area contributed by atoms with Crippen molar-refractivity contribution < 1.29 is 9.31 Å². The summed E-state index contributed by atoms with van der Waals surface area (Å²) in [6.45, 7) is 3.44. The van der Waals surface area contributed by atoms with Crippen LogP contribution in [-0.2, 0) is 6.54 Å². The van der Waals surface area contributed by atoms with Crippen LogP contribution in [0.3, 0.4) is 0 Å². The van der Waals surface area contributed by atoms with E-state index in [1.165, 1.54) is 6.07 Å². The second kappa shape index (κ2) is 5.67. The fourth-order valence-electron chi connectivity index (χ4n) is 2.04. The summed E-state index contributed by atoms with van der Waals surface area (Å²) in [7, 11) is 0. The van der Waals surface area contributed by atoms with Crippen molar-refractivity contribution in [3.63, 3.8) is 0 Å². The summed E-state index contributed by atoms with van der Waals surface area (Å²) in [6.07, 6.45) is 0. The van der Waals surface area contributed by atoms with Crippen molar-refractivity contribution >= 4 is 17.4 Å². The first kappa shape index (κ1) is 13.3. The summed E-state index contributed by atoms with van der Waals surface area (Å²) >= 11 is 1.89. The van der Waals surface area contributed by atoms with Gasteiger partial charge >= 0.3 is 5.69 Å². The number of halogens is 1. The number of nitro benzene ring substituents is 1. The third-order valence-electron chi connectivity index (χ3n) is 3.13. The van der Waals surface area contributed by atoms with Crippen LogP contribution < -0.4 is 0 Å². The van der Waals surface area contributed by atoms with E-state index in [9.17, 15) is 14.5 Å². The number of hydrogen-bond donors (Lipinski definition) is 0. The first-order valence-corrected chi connectivity index (χ1v) is 6.98. The molecule has 0 saturated carbocycles. The highest BCUT2D eigenvalue weighted by Crippen LogP contribution is 2.24. The lowest BCUT2D eigenvalue weighted by molar-refractivity contribution is -0.387. The van der Waals surface area contributed by atoms with Crippen LogP contribution >= 0.6 is 11.8 Å². The van der Waals surface area contributed by atoms with Crippen LogP contribution in [0.4, 0.5) is 10.1 Å². The van der Waals surface area contributed by atoms with Crippen molar-refractivity contribution in [1.29, 1.82) is 0 Å². The van der Waals surface area contributed by atoms with Gasteiger partial charge in [-0.25, -0.2) is 0 Å². The van der Waals surface area contributed by atoms with Gasteiger partial charge in [0.25, 0.3) is 0 Å². The maximum absolute atomic E-state index is 13.9. The van der Waals surface area contributed by atoms with E-state index in [2.05, 4.69) is 11.8 Å². The molecule has 4 nitrogen and oxygen atoms in total. The molecule has 0 radical (unpaired) electrons. The normalized spacial score (nSPS) is 20.9. The van der Waals surface area contributed by atoms with Crippen molar-refractivity contribution in [3.05, 3.63) is 39.7 Å². The van der Waals surface area contributed by atoms with Crippen LogP contribution in [0.25, 0.3) is 0 Å². The highest BCUT2D eigenvalue weighted by molar-refractivity contribution is 7.99. The standard InChI is InChI=1S/C12H15FN2O2S/c1-9-8-18-6-5-14(9)7-10-3-2-4-11(12(10)13)15(16)17/h2-4,9H,5-8H2,1H3. The molecule has 0 N–H and O–H groups in total. The van der Waals surface area contributed by atoms with E-state index in [4.69, 9.17) is 0 Å². The number of thioether (sulfide) groups is 1. The zero-order valence-electron chi connectivity index (χ0n) is 10.1. The molecule has 1 atom stereocenters. The third kappa shape index (κ3) is 2.81. The summed E-state index contributed by atoms with van der Waals surface area (Å²) < 4.78 is 13.9. The molecule has 1 heterocycles. The molecule has 1 fully saturated rings. The molecule has 0 bridgehead atoms. The molecule has 0 aliphatic carbocycles. The molecule has 1 aromatic carbocycles. The molecule has 1 unspecified atom stereocenters. The molecular weight excluding hydrogens is 255 g/mol. The number of benzene rings is 1. The smallest absolute Gasteiger partial charge is 0.295 e. The first-order chi connectivity index (χ1) is 8.59. The van der Waals surface area contributed by atoms with Gasteiger partial charge in [0.15, 0.2) is 0 Å². The van der Waals surface area contributed by atoms with Gasteiger partial charge in [0.05, 0.1) is 4.92 Å². The quantitative estimate of drug-likeness (QED) is 0.626. The average molecular weight is 270 g/mol. The Morgan fingerprint density at radius 1 is 1.61 bits per heavy atom. The van der Waals surface area contributed by atoms with Crippen molar-refractivity contribution in [2.24, 2.45) is 0 Å². The predicted molar refractivity (Wildman–Crippen MR) is 70.3 cm³/mol. The minimum Gasteiger partial charge on any atom is -0.295 e. The Balaban J connectivity index is 2.18. The molecule has 18 heavy (non-hydrogen) atoms. The van der Waals surface area contributed by atoms with Gasteiger partial charge in [-0.2, -0.15) is 16.2 Å². The van der Waals surface area contributed by atoms with E-state index < -0.39 is 16.4 Å². The maximum atomic E-state index is 13.9. The fraction of sp³-hybridized carbons (Fsp3) is 0.500. The van der Waals surface area contributed by atoms with Gasteiger partial charge in [0.2, 0.25) is 5.82 Å². The van der Waals surface area contributed by atoms with Crippen LogP contribution in [0.2, 0.25) is 0 Å². The second-order valence-corrected chi connectivity index (χ2v) is 5.55. The van der Waals surface area contributed by atoms with E-state index in [0.29, 0.717) is 18.2 Å². The molecule has 1 aliphatic heterocycles. The van der Waals surface area contributed by atoms with Crippen LogP contribution in [0, 0.1) is 15.9 Å². The lowest BCUT2D eigenvalue weighted by Crippen LogP contribution is -2.39. The monoisotopic (exact) mass is 270 g/mol. The number of nitrogens with zero attached hydrogens (tertiary/aromatic N) is 2. The first-order valence-electron chi connectivity index (χ1n) is 5.83. The minimum atomic E-state index is -0.701. The van der Waals surface area contributed by atoms with Crippen LogP contribution in [0.15, 0.2) is 18.2 Å². The van der Waals surface area contributed by atoms with Gasteiger partial charge in [-0.05, 0) is 6.92 Å². The number of hydrogen-bond acceptors (Lipinski definition) is 4. The largest absolute Gasteiger partial charge is 0.305 e. The molecule has 98 valence electrons. The van der Waals surface area contributed by atoms with Gasteiger partial charge in [-0.1, -0.05) is 12.1 Å². The van der Waals surface area contributed by atoms with E-state index in [1.54, 1.807) is 12.1 Å². The molecule has 1 saturated heterocycles. The van der Waals surface area contributed by atoms with Gasteiger partial charge < -0.3 is 0 Å². The molecule has 1 aromatic rings. The summed E-state index contributed by atoms with van der Waals surface area (Å²) in [5.41, 5.74) is -0.0329. The fourth-order valence-corrected chi connectivity index (χ4v) is 3.13. The lowest BCUT2D eigenvalue weighted by Gasteiger charge is -2.32. The zero-order chi connectivity index (χ0) is 13.1. The van der Waals surface area contributed by atoms with E-state index >= 15 is 0 Å². The average Bonchev–Trinajstić information content (AvgIpc) is 2.34. The Bertz CT molecular complexity index is 456. The highest BCUT2D eigenvalue weighted by atomic mass is 32.2. The van der Waals surface area contributed by atoms with Gasteiger partial charge in [-0.3, -0.25) is 15.0 Å². The SMILES string of the molecule is CC1CSCCN1Cc1cccc([N+](=O)[O-])c1F. The van der Waals surface area contributed by atoms with Crippen LogP contribution in [0.1, 0.15) is 12.5 Å². The topological polar surface area (TPSA) is 46.4 Å². The third-order valence-corrected chi connectivity index (χ3v) is 4.32. The van der Waals surface area contributed by atoms with E-state index in [1.807, 2.05) is 11.8 Å². The number of rotatable bonds is 3. The molecule has 2 rings (SSSR count). The Morgan fingerprint density at radius 2 is 2.39 bits per heavy atom. The molecule has 0 amide bonds. The van der Waals surface area contributed by atoms with Gasteiger partial charge in [0.1, 0.15) is 0 Å². The van der Waals surface area contributed by atoms with Crippen molar-refractivity contribution in [1.82, 2.24) is 4.90 Å². The Hall–Kier alpha value is -1.14. The number of nitro groups is 1. The Kier molecular flexibility index (Phi) is 4.19. The van der Waals surface area contributed by atoms with Gasteiger partial charge in [-0.15, -0.1) is 0 Å². The molecule has 0 aromatic heterocycles. The Morgan fingerprint density at radius 3 is 3.06 bits per heavy atom. The van der Waals surface area contributed by atoms with Gasteiger partial charge in [0, 0.05) is 42.3 Å². The summed E-state index contributed by atoms with van der Waals surface area (Å²) in [5.74, 6) is 1.35. The second-order valence-electron chi connectivity index (χ2n) is 4.40. The maximum Gasteiger partial charge on any atom is 0.305 e.